The van der Waals surface area contributed by atoms with Gasteiger partial charge in [-0.1, -0.05) is 12.1 Å². The van der Waals surface area contributed by atoms with Crippen LogP contribution in [0.2, 0.25) is 0 Å². The van der Waals surface area contributed by atoms with Gasteiger partial charge in [0.25, 0.3) is 11.6 Å². The van der Waals surface area contributed by atoms with Gasteiger partial charge in [0.05, 0.1) is 12.0 Å². The number of methoxy groups -OCH3 is 1. The highest BCUT2D eigenvalue weighted by molar-refractivity contribution is 5.94. The quantitative estimate of drug-likeness (QED) is 0.404. The Balaban J connectivity index is 1.43. The highest BCUT2D eigenvalue weighted by Crippen LogP contribution is 2.25. The van der Waals surface area contributed by atoms with Gasteiger partial charge in [-0.2, -0.15) is 10.2 Å². The smallest absolute Gasteiger partial charge is 0.270 e. The summed E-state index contributed by atoms with van der Waals surface area (Å²) in [4.78, 5) is 31.1. The van der Waals surface area contributed by atoms with Gasteiger partial charge in [0.2, 0.25) is 17.5 Å². The molecule has 172 valence electrons. The van der Waals surface area contributed by atoms with E-state index in [1.807, 2.05) is 11.0 Å². The van der Waals surface area contributed by atoms with E-state index in [0.717, 1.165) is 0 Å². The van der Waals surface area contributed by atoms with Crippen LogP contribution in [0.5, 0.6) is 5.75 Å². The Kier molecular flexibility index (Phi) is 6.54. The number of oxazole rings is 1. The molecule has 0 N–H and O–H groups in total. The van der Waals surface area contributed by atoms with Gasteiger partial charge in [-0.25, -0.2) is 0 Å². The molecule has 2 aromatic carbocycles. The summed E-state index contributed by atoms with van der Waals surface area (Å²) in [6.07, 6.45) is 3.20. The molecule has 1 fully saturated rings. The van der Waals surface area contributed by atoms with E-state index < -0.39 is 4.92 Å². The zero-order chi connectivity index (χ0) is 24.1. The van der Waals surface area contributed by atoms with Gasteiger partial charge in [0.1, 0.15) is 11.8 Å². The lowest BCUT2D eigenvalue weighted by molar-refractivity contribution is -0.384. The molecule has 1 aliphatic rings. The van der Waals surface area contributed by atoms with Gasteiger partial charge in [-0.3, -0.25) is 14.9 Å². The van der Waals surface area contributed by atoms with E-state index in [1.165, 1.54) is 12.1 Å². The summed E-state index contributed by atoms with van der Waals surface area (Å²) >= 11 is 0. The number of hydrogen-bond donors (Lipinski definition) is 0. The van der Waals surface area contributed by atoms with Crippen LogP contribution in [0.1, 0.15) is 27.5 Å². The van der Waals surface area contributed by atoms with E-state index in [9.17, 15) is 20.2 Å². The van der Waals surface area contributed by atoms with Crippen molar-refractivity contribution in [2.24, 2.45) is 0 Å². The van der Waals surface area contributed by atoms with Crippen LogP contribution in [0.3, 0.4) is 0 Å². The largest absolute Gasteiger partial charge is 0.497 e. The second-order valence-electron chi connectivity index (χ2n) is 7.51. The third-order valence-corrected chi connectivity index (χ3v) is 5.42. The molecular formula is C24H21N5O5. The Morgan fingerprint density at radius 1 is 1.18 bits per heavy atom. The normalized spacial score (nSPS) is 13.6. The lowest BCUT2D eigenvalue weighted by Gasteiger charge is -2.34. The number of ether oxygens (including phenoxy) is 1. The fourth-order valence-corrected chi connectivity index (χ4v) is 3.62. The summed E-state index contributed by atoms with van der Waals surface area (Å²) in [5.41, 5.74) is 1.32. The number of aromatic nitrogens is 1. The van der Waals surface area contributed by atoms with Crippen molar-refractivity contribution in [2.75, 3.05) is 38.2 Å². The molecule has 2 heterocycles. The highest BCUT2D eigenvalue weighted by Gasteiger charge is 2.26. The summed E-state index contributed by atoms with van der Waals surface area (Å²) in [5, 5.41) is 20.4. The molecule has 10 nitrogen and oxygen atoms in total. The minimum atomic E-state index is -0.465. The molecule has 0 atom stereocenters. The lowest BCUT2D eigenvalue weighted by atomic mass is 10.1. The summed E-state index contributed by atoms with van der Waals surface area (Å²) in [7, 11) is 1.57. The molecule has 1 saturated heterocycles. The molecule has 1 aliphatic heterocycles. The maximum Gasteiger partial charge on any atom is 0.270 e. The van der Waals surface area contributed by atoms with Crippen molar-refractivity contribution in [3.8, 4) is 11.8 Å². The fourth-order valence-electron chi connectivity index (χ4n) is 3.62. The van der Waals surface area contributed by atoms with Gasteiger partial charge in [0, 0.05) is 50.0 Å². The number of carbonyl (C=O) groups excluding carboxylic acids is 1. The molecule has 0 bridgehead atoms. The molecule has 1 aromatic heterocycles. The van der Waals surface area contributed by atoms with Crippen LogP contribution in [0.25, 0.3) is 12.2 Å². The summed E-state index contributed by atoms with van der Waals surface area (Å²) in [6.45, 7) is 1.91. The molecule has 0 radical (unpaired) electrons. The Morgan fingerprint density at radius 2 is 1.91 bits per heavy atom. The average Bonchev–Trinajstić information content (AvgIpc) is 3.31. The fraction of sp³-hybridized carbons (Fsp3) is 0.208. The van der Waals surface area contributed by atoms with Crippen LogP contribution in [0.15, 0.2) is 52.9 Å². The highest BCUT2D eigenvalue weighted by atomic mass is 16.6. The van der Waals surface area contributed by atoms with Gasteiger partial charge in [-0.15, -0.1) is 0 Å². The topological polar surface area (TPSA) is 126 Å². The monoisotopic (exact) mass is 459 g/mol. The number of anilines is 1. The molecule has 0 unspecified atom stereocenters. The van der Waals surface area contributed by atoms with E-state index in [-0.39, 0.29) is 23.2 Å². The lowest BCUT2D eigenvalue weighted by Crippen LogP contribution is -2.48. The maximum atomic E-state index is 12.8. The van der Waals surface area contributed by atoms with E-state index in [4.69, 9.17) is 9.15 Å². The van der Waals surface area contributed by atoms with Crippen molar-refractivity contribution < 1.29 is 18.9 Å². The first-order chi connectivity index (χ1) is 16.5. The first kappa shape index (κ1) is 22.5. The Morgan fingerprint density at radius 3 is 2.56 bits per heavy atom. The van der Waals surface area contributed by atoms with Crippen LogP contribution < -0.4 is 9.64 Å². The molecule has 3 aromatic rings. The Bertz CT molecular complexity index is 1270. The van der Waals surface area contributed by atoms with E-state index >= 15 is 0 Å². The molecule has 34 heavy (non-hydrogen) atoms. The number of non-ortho nitro benzene ring substituents is 1. The minimum Gasteiger partial charge on any atom is -0.497 e. The van der Waals surface area contributed by atoms with Crippen LogP contribution in [-0.4, -0.2) is 54.0 Å². The van der Waals surface area contributed by atoms with Crippen molar-refractivity contribution in [3.63, 3.8) is 0 Å². The zero-order valence-electron chi connectivity index (χ0n) is 18.4. The van der Waals surface area contributed by atoms with Crippen molar-refractivity contribution in [3.05, 3.63) is 81.4 Å². The number of rotatable bonds is 6. The first-order valence-electron chi connectivity index (χ1n) is 10.5. The summed E-state index contributed by atoms with van der Waals surface area (Å²) < 4.78 is 10.9. The van der Waals surface area contributed by atoms with Gasteiger partial charge >= 0.3 is 0 Å². The molecule has 0 aliphatic carbocycles. The third kappa shape index (κ3) is 4.88. The number of piperazine rings is 1. The molecule has 4 rings (SSSR count). The average molecular weight is 459 g/mol. The molecule has 0 saturated carbocycles. The summed E-state index contributed by atoms with van der Waals surface area (Å²) in [6, 6.07) is 15.2. The van der Waals surface area contributed by atoms with Crippen LogP contribution >= 0.6 is 0 Å². The molecule has 10 heteroatoms. The first-order valence-corrected chi connectivity index (χ1v) is 10.5. The SMILES string of the molecule is COc1ccc(C(=O)N2CCN(c3oc(/C=C/c4cccc([N+](=O)[O-])c4)nc3C#N)CC2)cc1. The second kappa shape index (κ2) is 9.87. The van der Waals surface area contributed by atoms with Crippen molar-refractivity contribution >= 4 is 29.6 Å². The van der Waals surface area contributed by atoms with Gasteiger partial charge < -0.3 is 19.0 Å². The van der Waals surface area contributed by atoms with Crippen molar-refractivity contribution in [1.82, 2.24) is 9.88 Å². The van der Waals surface area contributed by atoms with Crippen LogP contribution in [0, 0.1) is 21.4 Å². The number of carbonyl (C=O) groups is 1. The van der Waals surface area contributed by atoms with E-state index in [1.54, 1.807) is 60.6 Å². The van der Waals surface area contributed by atoms with Crippen LogP contribution in [0.4, 0.5) is 11.6 Å². The van der Waals surface area contributed by atoms with E-state index in [0.29, 0.717) is 48.9 Å². The van der Waals surface area contributed by atoms with Crippen molar-refractivity contribution in [1.29, 1.82) is 5.26 Å². The van der Waals surface area contributed by atoms with Gasteiger partial charge in [-0.05, 0) is 35.9 Å². The number of hydrogen-bond acceptors (Lipinski definition) is 8. The number of amides is 1. The standard InChI is InChI=1S/C24H21N5O5/c1-33-20-8-6-18(7-9-20)23(30)27-11-13-28(14-12-27)24-21(16-25)26-22(34-24)10-5-17-3-2-4-19(15-17)29(31)32/h2-10,15H,11-14H2,1H3/b10-5+. The number of nitriles is 1. The van der Waals surface area contributed by atoms with Crippen molar-refractivity contribution in [2.45, 2.75) is 0 Å². The number of nitro groups is 1. The molecule has 0 spiro atoms. The summed E-state index contributed by atoms with van der Waals surface area (Å²) in [5.74, 6) is 1.18. The van der Waals surface area contributed by atoms with E-state index in [2.05, 4.69) is 4.98 Å². The molecule has 1 amide bonds. The minimum absolute atomic E-state index is 0.0185. The van der Waals surface area contributed by atoms with Crippen LogP contribution in [-0.2, 0) is 0 Å². The second-order valence-corrected chi connectivity index (χ2v) is 7.51. The number of nitro benzene ring substituents is 1. The Hall–Kier alpha value is -4.65. The third-order valence-electron chi connectivity index (χ3n) is 5.42. The molecular weight excluding hydrogens is 438 g/mol. The maximum absolute atomic E-state index is 12.8. The predicted molar refractivity (Wildman–Crippen MR) is 124 cm³/mol. The number of nitrogens with zero attached hydrogens (tertiary/aromatic N) is 5. The zero-order valence-corrected chi connectivity index (χ0v) is 18.4. The predicted octanol–water partition coefficient (Wildman–Crippen LogP) is 3.60. The Labute approximate surface area is 195 Å². The number of benzene rings is 2. The van der Waals surface area contributed by atoms with Gasteiger partial charge in [0.15, 0.2) is 0 Å².